The van der Waals surface area contributed by atoms with Crippen molar-refractivity contribution >= 4 is 34.9 Å². The number of methoxy groups -OCH3 is 1. The van der Waals surface area contributed by atoms with Gasteiger partial charge in [0.2, 0.25) is 5.28 Å². The van der Waals surface area contributed by atoms with Crippen LogP contribution in [0, 0.1) is 5.92 Å². The van der Waals surface area contributed by atoms with E-state index < -0.39 is 5.97 Å². The summed E-state index contributed by atoms with van der Waals surface area (Å²) in [6.07, 6.45) is 6.31. The topological polar surface area (TPSA) is 64.1 Å². The summed E-state index contributed by atoms with van der Waals surface area (Å²) in [5.41, 5.74) is 1.97. The molecule has 25 heavy (non-hydrogen) atoms. The third kappa shape index (κ3) is 4.22. The molecular weight excluding hydrogens is 361 g/mol. The van der Waals surface area contributed by atoms with E-state index in [-0.39, 0.29) is 11.3 Å². The van der Waals surface area contributed by atoms with Crippen LogP contribution in [0.3, 0.4) is 0 Å². The number of ether oxygens (including phenoxy) is 1. The van der Waals surface area contributed by atoms with Gasteiger partial charge in [-0.1, -0.05) is 24.4 Å². The lowest BCUT2D eigenvalue weighted by atomic mass is 9.94. The van der Waals surface area contributed by atoms with Crippen molar-refractivity contribution < 1.29 is 9.53 Å². The highest BCUT2D eigenvalue weighted by atomic mass is 35.5. The monoisotopic (exact) mass is 379 g/mol. The average Bonchev–Trinajstić information content (AvgIpc) is 3.14. The molecule has 0 bridgehead atoms. The van der Waals surface area contributed by atoms with Gasteiger partial charge in [0.25, 0.3) is 0 Å². The molecule has 5 nitrogen and oxygen atoms in total. The normalized spacial score (nSPS) is 15.8. The molecule has 0 radical (unpaired) electrons. The molecule has 7 heteroatoms. The summed E-state index contributed by atoms with van der Waals surface area (Å²) in [7, 11) is 1.34. The summed E-state index contributed by atoms with van der Waals surface area (Å²) >= 11 is 12.1. The van der Waals surface area contributed by atoms with Crippen LogP contribution in [0.25, 0.3) is 0 Å². The number of rotatable bonds is 5. The van der Waals surface area contributed by atoms with E-state index in [0.29, 0.717) is 16.5 Å². The minimum atomic E-state index is -0.462. The van der Waals surface area contributed by atoms with Crippen LogP contribution in [0.15, 0.2) is 30.5 Å². The van der Waals surface area contributed by atoms with Gasteiger partial charge < -0.3 is 10.1 Å². The van der Waals surface area contributed by atoms with E-state index in [4.69, 9.17) is 27.9 Å². The van der Waals surface area contributed by atoms with Gasteiger partial charge in [-0.05, 0) is 54.6 Å². The van der Waals surface area contributed by atoms with Crippen LogP contribution in [0.5, 0.6) is 0 Å². The molecule has 3 rings (SSSR count). The van der Waals surface area contributed by atoms with Crippen molar-refractivity contribution in [3.05, 3.63) is 52.0 Å². The maximum Gasteiger partial charge on any atom is 0.339 e. The fourth-order valence-electron chi connectivity index (χ4n) is 3.31. The molecule has 1 fully saturated rings. The fraction of sp³-hybridized carbons (Fsp3) is 0.389. The lowest BCUT2D eigenvalue weighted by Crippen LogP contribution is -2.20. The van der Waals surface area contributed by atoms with Crippen LogP contribution in [-0.2, 0) is 4.74 Å². The minimum absolute atomic E-state index is 0.00493. The Morgan fingerprint density at radius 2 is 2.04 bits per heavy atom. The molecule has 1 N–H and O–H groups in total. The van der Waals surface area contributed by atoms with Crippen LogP contribution < -0.4 is 5.32 Å². The first-order valence-corrected chi connectivity index (χ1v) is 8.97. The third-order valence-electron chi connectivity index (χ3n) is 4.53. The summed E-state index contributed by atoms with van der Waals surface area (Å²) < 4.78 is 4.79. The van der Waals surface area contributed by atoms with Gasteiger partial charge in [0, 0.05) is 11.9 Å². The van der Waals surface area contributed by atoms with Gasteiger partial charge in [0.05, 0.1) is 29.4 Å². The van der Waals surface area contributed by atoms with Crippen LogP contribution in [0.4, 0.5) is 5.69 Å². The van der Waals surface area contributed by atoms with Crippen molar-refractivity contribution in [1.29, 1.82) is 0 Å². The number of nitrogens with one attached hydrogen (secondary N) is 1. The maximum absolute atomic E-state index is 11.9. The maximum atomic E-state index is 11.9. The molecule has 1 unspecified atom stereocenters. The van der Waals surface area contributed by atoms with Gasteiger partial charge in [-0.2, -0.15) is 0 Å². The van der Waals surface area contributed by atoms with E-state index in [1.807, 2.05) is 12.1 Å². The van der Waals surface area contributed by atoms with Gasteiger partial charge in [0.15, 0.2) is 0 Å². The molecule has 0 aliphatic heterocycles. The largest absolute Gasteiger partial charge is 0.465 e. The zero-order chi connectivity index (χ0) is 17.8. The average molecular weight is 380 g/mol. The van der Waals surface area contributed by atoms with E-state index in [0.717, 1.165) is 24.2 Å². The SMILES string of the molecule is COC(=O)c1cc(NC(c2ccnc(Cl)n2)C2CCCC2)ccc1Cl. The highest BCUT2D eigenvalue weighted by Gasteiger charge is 2.28. The van der Waals surface area contributed by atoms with Crippen LogP contribution in [-0.4, -0.2) is 23.0 Å². The number of nitrogens with zero attached hydrogens (tertiary/aromatic N) is 2. The number of aromatic nitrogens is 2. The Morgan fingerprint density at radius 3 is 2.72 bits per heavy atom. The number of benzene rings is 1. The number of hydrogen-bond acceptors (Lipinski definition) is 5. The second-order valence-corrected chi connectivity index (χ2v) is 6.85. The first-order valence-electron chi connectivity index (χ1n) is 8.21. The summed E-state index contributed by atoms with van der Waals surface area (Å²) in [5.74, 6) is -0.0145. The number of carbonyl (C=O) groups excluding carboxylic acids is 1. The molecule has 2 aromatic rings. The molecule has 132 valence electrons. The molecule has 0 spiro atoms. The second kappa shape index (κ2) is 8.02. The Morgan fingerprint density at radius 1 is 1.28 bits per heavy atom. The standard InChI is InChI=1S/C18H19Cl2N3O2/c1-25-17(24)13-10-12(6-7-14(13)19)22-16(11-4-2-3-5-11)15-8-9-21-18(20)23-15/h6-11,16,22H,2-5H2,1H3. The van der Waals surface area contributed by atoms with Crippen LogP contribution >= 0.6 is 23.2 Å². The van der Waals surface area contributed by atoms with Gasteiger partial charge in [-0.25, -0.2) is 14.8 Å². The molecule has 1 saturated carbocycles. The van der Waals surface area contributed by atoms with Crippen molar-refractivity contribution in [2.45, 2.75) is 31.7 Å². The fourth-order valence-corrected chi connectivity index (χ4v) is 3.65. The Hall–Kier alpha value is -1.85. The van der Waals surface area contributed by atoms with E-state index in [1.165, 1.54) is 20.0 Å². The predicted octanol–water partition coefficient (Wildman–Crippen LogP) is 4.91. The Kier molecular flexibility index (Phi) is 5.76. The van der Waals surface area contributed by atoms with E-state index in [9.17, 15) is 4.79 Å². The summed E-state index contributed by atoms with van der Waals surface area (Å²) in [6.45, 7) is 0. The molecule has 1 aliphatic carbocycles. The summed E-state index contributed by atoms with van der Waals surface area (Å²) in [5, 5.41) is 4.09. The molecule has 0 amide bonds. The van der Waals surface area contributed by atoms with Gasteiger partial charge in [0.1, 0.15) is 0 Å². The molecule has 1 atom stereocenters. The Labute approximate surface area is 156 Å². The Balaban J connectivity index is 1.91. The van der Waals surface area contributed by atoms with Crippen LogP contribution in [0.2, 0.25) is 10.3 Å². The van der Waals surface area contributed by atoms with Crippen molar-refractivity contribution in [2.24, 2.45) is 5.92 Å². The molecule has 0 saturated heterocycles. The number of hydrogen-bond donors (Lipinski definition) is 1. The number of carbonyl (C=O) groups is 1. The molecule has 1 aromatic carbocycles. The van der Waals surface area contributed by atoms with Crippen molar-refractivity contribution in [3.63, 3.8) is 0 Å². The molecule has 1 heterocycles. The quantitative estimate of drug-likeness (QED) is 0.590. The van der Waals surface area contributed by atoms with E-state index in [1.54, 1.807) is 18.3 Å². The number of halogens is 2. The van der Waals surface area contributed by atoms with Crippen molar-refractivity contribution in [3.8, 4) is 0 Å². The van der Waals surface area contributed by atoms with Gasteiger partial charge in [-0.3, -0.25) is 0 Å². The van der Waals surface area contributed by atoms with Crippen molar-refractivity contribution in [2.75, 3.05) is 12.4 Å². The predicted molar refractivity (Wildman–Crippen MR) is 98.2 cm³/mol. The first-order chi connectivity index (χ1) is 12.1. The number of anilines is 1. The highest BCUT2D eigenvalue weighted by molar-refractivity contribution is 6.33. The molecular formula is C18H19Cl2N3O2. The zero-order valence-electron chi connectivity index (χ0n) is 13.8. The molecule has 1 aromatic heterocycles. The molecule has 1 aliphatic rings. The number of esters is 1. The minimum Gasteiger partial charge on any atom is -0.465 e. The lowest BCUT2D eigenvalue weighted by molar-refractivity contribution is 0.0601. The van der Waals surface area contributed by atoms with E-state index >= 15 is 0 Å². The summed E-state index contributed by atoms with van der Waals surface area (Å²) in [6, 6.07) is 7.11. The zero-order valence-corrected chi connectivity index (χ0v) is 15.3. The van der Waals surface area contributed by atoms with Crippen LogP contribution in [0.1, 0.15) is 47.8 Å². The van der Waals surface area contributed by atoms with Gasteiger partial charge in [-0.15, -0.1) is 0 Å². The summed E-state index contributed by atoms with van der Waals surface area (Å²) in [4.78, 5) is 20.2. The lowest BCUT2D eigenvalue weighted by Gasteiger charge is -2.25. The van der Waals surface area contributed by atoms with Gasteiger partial charge >= 0.3 is 5.97 Å². The smallest absolute Gasteiger partial charge is 0.339 e. The highest BCUT2D eigenvalue weighted by Crippen LogP contribution is 2.37. The Bertz CT molecular complexity index is 764. The second-order valence-electron chi connectivity index (χ2n) is 6.10. The third-order valence-corrected chi connectivity index (χ3v) is 5.04. The first kappa shape index (κ1) is 18.0. The van der Waals surface area contributed by atoms with E-state index in [2.05, 4.69) is 15.3 Å². The van der Waals surface area contributed by atoms with Crippen molar-refractivity contribution in [1.82, 2.24) is 9.97 Å².